The molecule has 0 fully saturated rings. The van der Waals surface area contributed by atoms with E-state index in [4.69, 9.17) is 0 Å². The van der Waals surface area contributed by atoms with Crippen LogP contribution in [0.5, 0.6) is 0 Å². The number of hydrogen-bond acceptors (Lipinski definition) is 3. The molecule has 0 heterocycles. The minimum absolute atomic E-state index is 0.0358. The highest BCUT2D eigenvalue weighted by atomic mass is 16.2. The molecule has 0 aliphatic heterocycles. The molecule has 0 aromatic heterocycles. The van der Waals surface area contributed by atoms with Gasteiger partial charge < -0.3 is 16.0 Å². The minimum atomic E-state index is -0.0693. The molecule has 24 heavy (non-hydrogen) atoms. The van der Waals surface area contributed by atoms with E-state index in [1.54, 1.807) is 6.07 Å². The fourth-order valence-corrected chi connectivity index (χ4v) is 2.33. The Labute approximate surface area is 145 Å². The second kappa shape index (κ2) is 11.6. The van der Waals surface area contributed by atoms with Crippen LogP contribution in [-0.2, 0) is 9.59 Å². The van der Waals surface area contributed by atoms with Gasteiger partial charge in [-0.1, -0.05) is 45.6 Å². The van der Waals surface area contributed by atoms with Gasteiger partial charge >= 0.3 is 0 Å². The zero-order chi connectivity index (χ0) is 17.8. The van der Waals surface area contributed by atoms with Gasteiger partial charge in [-0.25, -0.2) is 0 Å². The van der Waals surface area contributed by atoms with E-state index in [0.717, 1.165) is 24.2 Å². The zero-order valence-corrected chi connectivity index (χ0v) is 15.2. The number of unbranched alkanes of at least 4 members (excludes halogenated alkanes) is 4. The number of benzene rings is 1. The Hall–Kier alpha value is -1.88. The van der Waals surface area contributed by atoms with Crippen LogP contribution in [0.15, 0.2) is 18.2 Å². The van der Waals surface area contributed by atoms with Crippen molar-refractivity contribution in [1.82, 2.24) is 5.32 Å². The molecule has 1 rings (SSSR count). The fraction of sp³-hybridized carbons (Fsp3) is 0.579. The summed E-state index contributed by atoms with van der Waals surface area (Å²) < 4.78 is 0. The molecule has 0 atom stereocenters. The fourth-order valence-electron chi connectivity index (χ4n) is 2.33. The summed E-state index contributed by atoms with van der Waals surface area (Å²) in [6.45, 7) is 7.11. The molecule has 0 saturated carbocycles. The quantitative estimate of drug-likeness (QED) is 0.539. The van der Waals surface area contributed by atoms with E-state index < -0.39 is 0 Å². The number of nitrogens with one attached hydrogen (secondary N) is 3. The Morgan fingerprint density at radius 2 is 1.71 bits per heavy atom. The first-order valence-corrected chi connectivity index (χ1v) is 8.97. The van der Waals surface area contributed by atoms with Gasteiger partial charge in [-0.05, 0) is 37.6 Å². The van der Waals surface area contributed by atoms with E-state index in [0.29, 0.717) is 18.7 Å². The molecule has 0 bridgehead atoms. The van der Waals surface area contributed by atoms with Crippen molar-refractivity contribution >= 4 is 23.2 Å². The van der Waals surface area contributed by atoms with Crippen LogP contribution in [0.2, 0.25) is 0 Å². The third-order valence-electron chi connectivity index (χ3n) is 3.86. The predicted octanol–water partition coefficient (Wildman–Crippen LogP) is 3.84. The van der Waals surface area contributed by atoms with Crippen molar-refractivity contribution in [3.63, 3.8) is 0 Å². The van der Waals surface area contributed by atoms with Crippen molar-refractivity contribution in [3.05, 3.63) is 23.8 Å². The van der Waals surface area contributed by atoms with Crippen molar-refractivity contribution in [2.75, 3.05) is 23.7 Å². The molecule has 0 saturated heterocycles. The number of aryl methyl sites for hydroxylation is 1. The van der Waals surface area contributed by atoms with Crippen molar-refractivity contribution in [2.24, 2.45) is 0 Å². The van der Waals surface area contributed by atoms with E-state index in [1.165, 1.54) is 25.7 Å². The standard InChI is InChI=1S/C19H31N3O2/c1-4-6-7-8-9-12-20-14-19(24)21-16-11-10-15(3)17(13-16)22-18(23)5-2/h10-11,13,20H,4-9,12,14H2,1-3H3,(H,21,24)(H,22,23). The van der Waals surface area contributed by atoms with Crippen LogP contribution in [0.25, 0.3) is 0 Å². The van der Waals surface area contributed by atoms with E-state index in [1.807, 2.05) is 26.0 Å². The van der Waals surface area contributed by atoms with E-state index in [-0.39, 0.29) is 11.8 Å². The van der Waals surface area contributed by atoms with Gasteiger partial charge in [0, 0.05) is 17.8 Å². The highest BCUT2D eigenvalue weighted by Gasteiger charge is 2.06. The Kier molecular flexibility index (Phi) is 9.77. The molecule has 5 nitrogen and oxygen atoms in total. The van der Waals surface area contributed by atoms with Gasteiger partial charge in [-0.3, -0.25) is 9.59 Å². The highest BCUT2D eigenvalue weighted by molar-refractivity contribution is 5.95. The first-order chi connectivity index (χ1) is 11.6. The molecule has 0 unspecified atom stereocenters. The number of rotatable bonds is 11. The van der Waals surface area contributed by atoms with Gasteiger partial charge in [-0.2, -0.15) is 0 Å². The Morgan fingerprint density at radius 1 is 0.958 bits per heavy atom. The summed E-state index contributed by atoms with van der Waals surface area (Å²) in [4.78, 5) is 23.5. The largest absolute Gasteiger partial charge is 0.326 e. The Morgan fingerprint density at radius 3 is 2.42 bits per heavy atom. The lowest BCUT2D eigenvalue weighted by atomic mass is 10.1. The number of amides is 2. The first kappa shape index (κ1) is 20.2. The number of anilines is 2. The van der Waals surface area contributed by atoms with Crippen LogP contribution in [-0.4, -0.2) is 24.9 Å². The predicted molar refractivity (Wildman–Crippen MR) is 100 cm³/mol. The van der Waals surface area contributed by atoms with Gasteiger partial charge in [-0.15, -0.1) is 0 Å². The summed E-state index contributed by atoms with van der Waals surface area (Å²) in [5.74, 6) is -0.105. The van der Waals surface area contributed by atoms with Crippen LogP contribution in [0.1, 0.15) is 57.9 Å². The van der Waals surface area contributed by atoms with Gasteiger partial charge in [0.1, 0.15) is 0 Å². The average Bonchev–Trinajstić information content (AvgIpc) is 2.57. The Bertz CT molecular complexity index is 529. The molecule has 134 valence electrons. The van der Waals surface area contributed by atoms with Gasteiger partial charge in [0.2, 0.25) is 11.8 Å². The van der Waals surface area contributed by atoms with E-state index in [2.05, 4.69) is 22.9 Å². The molecule has 5 heteroatoms. The molecule has 2 amide bonds. The lowest BCUT2D eigenvalue weighted by molar-refractivity contribution is -0.116. The Balaban J connectivity index is 2.36. The van der Waals surface area contributed by atoms with E-state index in [9.17, 15) is 9.59 Å². The van der Waals surface area contributed by atoms with Gasteiger partial charge in [0.15, 0.2) is 0 Å². The van der Waals surface area contributed by atoms with Gasteiger partial charge in [0.05, 0.1) is 6.54 Å². The molecular weight excluding hydrogens is 302 g/mol. The first-order valence-electron chi connectivity index (χ1n) is 8.97. The number of carbonyl (C=O) groups excluding carboxylic acids is 2. The zero-order valence-electron chi connectivity index (χ0n) is 15.2. The van der Waals surface area contributed by atoms with Crippen molar-refractivity contribution in [2.45, 2.75) is 59.3 Å². The average molecular weight is 333 g/mol. The molecule has 0 aliphatic carbocycles. The van der Waals surface area contributed by atoms with E-state index >= 15 is 0 Å². The number of hydrogen-bond donors (Lipinski definition) is 3. The van der Waals surface area contributed by atoms with Crippen molar-refractivity contribution in [3.8, 4) is 0 Å². The molecule has 1 aromatic rings. The summed E-state index contributed by atoms with van der Waals surface area (Å²) in [5, 5.41) is 8.87. The molecule has 3 N–H and O–H groups in total. The maximum Gasteiger partial charge on any atom is 0.238 e. The monoisotopic (exact) mass is 333 g/mol. The summed E-state index contributed by atoms with van der Waals surface area (Å²) in [6.07, 6.45) is 6.53. The van der Waals surface area contributed by atoms with Crippen LogP contribution >= 0.6 is 0 Å². The summed E-state index contributed by atoms with van der Waals surface area (Å²) in [7, 11) is 0. The third kappa shape index (κ3) is 8.11. The minimum Gasteiger partial charge on any atom is -0.326 e. The normalized spacial score (nSPS) is 10.5. The molecular formula is C19H31N3O2. The molecule has 1 aromatic carbocycles. The SMILES string of the molecule is CCCCCCCNCC(=O)Nc1ccc(C)c(NC(=O)CC)c1. The van der Waals surface area contributed by atoms with Crippen molar-refractivity contribution < 1.29 is 9.59 Å². The third-order valence-corrected chi connectivity index (χ3v) is 3.86. The molecule has 0 aliphatic rings. The summed E-state index contributed by atoms with van der Waals surface area (Å²) in [6, 6.07) is 5.53. The van der Waals surface area contributed by atoms with Crippen molar-refractivity contribution in [1.29, 1.82) is 0 Å². The second-order valence-electron chi connectivity index (χ2n) is 6.07. The molecule has 0 spiro atoms. The molecule has 0 radical (unpaired) electrons. The maximum absolute atomic E-state index is 12.0. The van der Waals surface area contributed by atoms with Crippen LogP contribution in [0.3, 0.4) is 0 Å². The summed E-state index contributed by atoms with van der Waals surface area (Å²) >= 11 is 0. The smallest absolute Gasteiger partial charge is 0.238 e. The topological polar surface area (TPSA) is 70.2 Å². The van der Waals surface area contributed by atoms with Crippen LogP contribution in [0, 0.1) is 6.92 Å². The maximum atomic E-state index is 12.0. The van der Waals surface area contributed by atoms with Crippen LogP contribution in [0.4, 0.5) is 11.4 Å². The van der Waals surface area contributed by atoms with Gasteiger partial charge in [0.25, 0.3) is 0 Å². The van der Waals surface area contributed by atoms with Crippen LogP contribution < -0.4 is 16.0 Å². The number of carbonyl (C=O) groups is 2. The second-order valence-corrected chi connectivity index (χ2v) is 6.07. The lowest BCUT2D eigenvalue weighted by Crippen LogP contribution is -2.28. The lowest BCUT2D eigenvalue weighted by Gasteiger charge is -2.11. The highest BCUT2D eigenvalue weighted by Crippen LogP contribution is 2.20. The summed E-state index contributed by atoms with van der Waals surface area (Å²) in [5.41, 5.74) is 2.41.